The van der Waals surface area contributed by atoms with Crippen LogP contribution < -0.4 is 15.0 Å². The third-order valence-electron chi connectivity index (χ3n) is 8.27. The van der Waals surface area contributed by atoms with E-state index in [2.05, 4.69) is 59.2 Å². The third kappa shape index (κ3) is 11.3. The lowest BCUT2D eigenvalue weighted by atomic mass is 10.00. The number of carbonyl (C=O) groups is 1. The lowest BCUT2D eigenvalue weighted by molar-refractivity contribution is -0.127. The van der Waals surface area contributed by atoms with E-state index < -0.39 is 23.4 Å². The molecule has 51 heavy (non-hydrogen) atoms. The van der Waals surface area contributed by atoms with Crippen LogP contribution in [0.4, 0.5) is 24.5 Å². The minimum atomic E-state index is -4.36. The summed E-state index contributed by atoms with van der Waals surface area (Å²) in [5, 5.41) is 2.98. The van der Waals surface area contributed by atoms with Crippen molar-refractivity contribution in [3.8, 4) is 16.9 Å². The zero-order chi connectivity index (χ0) is 36.4. The molecule has 12 heteroatoms. The van der Waals surface area contributed by atoms with Crippen molar-refractivity contribution >= 4 is 34.2 Å². The Morgan fingerprint density at radius 1 is 1.02 bits per heavy atom. The number of hydrogen-bond donors (Lipinski definition) is 2. The van der Waals surface area contributed by atoms with Crippen LogP contribution in [0, 0.1) is 5.92 Å². The highest BCUT2D eigenvalue weighted by Crippen LogP contribution is 2.34. The number of nitrogens with zero attached hydrogens (tertiary/aromatic N) is 2. The lowest BCUT2D eigenvalue weighted by Gasteiger charge is -2.27. The summed E-state index contributed by atoms with van der Waals surface area (Å²) >= 11 is 0. The average Bonchev–Trinajstić information content (AvgIpc) is 3.43. The molecular formula is C39H45F3N4O4S. The first-order valence-electron chi connectivity index (χ1n) is 17.3. The maximum Gasteiger partial charge on any atom is 0.394 e. The number of aromatic nitrogens is 2. The standard InChI is InChI=1S/C39H45F3N4O4S/c1-4-5-18-49-19-20-50-34-11-6-28(7-12-34)29-8-15-36-31(21-29)22-30(16-17-46(36)25-27(2)3)38(47)45-32-9-13-35(14-10-32)51(48)26-37-43-24-33(44-37)23-39(40,41)42/h6-15,21-22,24,27H,4-5,16-20,23,25-26H2,1-3H3,(H,43,44)(H,45,47). The first-order chi connectivity index (χ1) is 24.5. The van der Waals surface area contributed by atoms with Gasteiger partial charge in [-0.2, -0.15) is 13.2 Å². The average molecular weight is 723 g/mol. The fraction of sp³-hybridized carbons (Fsp3) is 0.385. The molecule has 0 saturated heterocycles. The molecule has 1 atom stereocenters. The summed E-state index contributed by atoms with van der Waals surface area (Å²) in [6, 6.07) is 20.9. The third-order valence-corrected chi connectivity index (χ3v) is 9.60. The Bertz CT molecular complexity index is 1800. The molecule has 1 aromatic heterocycles. The van der Waals surface area contributed by atoms with Gasteiger partial charge in [-0.25, -0.2) is 4.98 Å². The molecule has 0 spiro atoms. The highest BCUT2D eigenvalue weighted by molar-refractivity contribution is 7.84. The molecule has 0 aliphatic carbocycles. The zero-order valence-corrected chi connectivity index (χ0v) is 30.0. The van der Waals surface area contributed by atoms with Crippen LogP contribution >= 0.6 is 0 Å². The van der Waals surface area contributed by atoms with Crippen LogP contribution in [0.1, 0.15) is 57.1 Å². The fourth-order valence-electron chi connectivity index (χ4n) is 5.79. The highest BCUT2D eigenvalue weighted by atomic mass is 32.2. The number of aromatic amines is 1. The van der Waals surface area contributed by atoms with E-state index in [0.29, 0.717) is 48.3 Å². The van der Waals surface area contributed by atoms with Gasteiger partial charge >= 0.3 is 6.18 Å². The van der Waals surface area contributed by atoms with Gasteiger partial charge in [0, 0.05) is 53.4 Å². The van der Waals surface area contributed by atoms with Gasteiger partial charge in [0.15, 0.2) is 0 Å². The molecule has 0 fully saturated rings. The van der Waals surface area contributed by atoms with Crippen LogP contribution in [0.3, 0.4) is 0 Å². The number of ether oxygens (including phenoxy) is 2. The van der Waals surface area contributed by atoms with Crippen LogP contribution in [0.15, 0.2) is 83.4 Å². The summed E-state index contributed by atoms with van der Waals surface area (Å²) in [4.78, 5) is 22.9. The summed E-state index contributed by atoms with van der Waals surface area (Å²) in [7, 11) is -1.55. The molecule has 1 aliphatic heterocycles. The molecular weight excluding hydrogens is 678 g/mol. The molecule has 1 amide bonds. The second-order valence-corrected chi connectivity index (χ2v) is 14.4. The van der Waals surface area contributed by atoms with Gasteiger partial charge in [-0.1, -0.05) is 45.4 Å². The first kappa shape index (κ1) is 37.8. The van der Waals surface area contributed by atoms with E-state index in [-0.39, 0.29) is 23.2 Å². The van der Waals surface area contributed by atoms with Crippen molar-refractivity contribution < 1.29 is 31.6 Å². The Hall–Kier alpha value is -4.42. The Morgan fingerprint density at radius 2 is 1.76 bits per heavy atom. The monoisotopic (exact) mass is 722 g/mol. The molecule has 0 bridgehead atoms. The number of benzene rings is 3. The van der Waals surface area contributed by atoms with Gasteiger partial charge < -0.3 is 24.7 Å². The highest BCUT2D eigenvalue weighted by Gasteiger charge is 2.29. The van der Waals surface area contributed by atoms with E-state index in [1.807, 2.05) is 30.3 Å². The van der Waals surface area contributed by atoms with E-state index in [1.54, 1.807) is 24.3 Å². The number of fused-ring (bicyclic) bond motifs is 1. The smallest absolute Gasteiger partial charge is 0.394 e. The number of rotatable bonds is 16. The Labute approximate surface area is 299 Å². The molecule has 0 radical (unpaired) electrons. The first-order valence-corrected chi connectivity index (χ1v) is 18.6. The topological polar surface area (TPSA) is 96.5 Å². The SMILES string of the molecule is CCCCOCCOc1ccc(-c2ccc3c(c2)C=C(C(=O)Nc2ccc(S(=O)Cc4ncc(CC(F)(F)F)[nH]4)cc2)CCN3CC(C)C)cc1. The Kier molecular flexibility index (Phi) is 13.1. The van der Waals surface area contributed by atoms with E-state index in [0.717, 1.165) is 60.3 Å². The number of hydrogen-bond acceptors (Lipinski definition) is 6. The van der Waals surface area contributed by atoms with Gasteiger partial charge in [0.1, 0.15) is 18.2 Å². The van der Waals surface area contributed by atoms with Crippen molar-refractivity contribution in [2.45, 2.75) is 63.3 Å². The number of anilines is 2. The van der Waals surface area contributed by atoms with Crippen molar-refractivity contribution in [2.75, 3.05) is 43.1 Å². The zero-order valence-electron chi connectivity index (χ0n) is 29.2. The molecule has 272 valence electrons. The van der Waals surface area contributed by atoms with Crippen LogP contribution in [-0.4, -0.2) is 59.2 Å². The maximum absolute atomic E-state index is 13.6. The second-order valence-electron chi connectivity index (χ2n) is 13.0. The summed E-state index contributed by atoms with van der Waals surface area (Å²) in [6.45, 7) is 9.83. The van der Waals surface area contributed by atoms with Crippen molar-refractivity contribution in [3.05, 3.63) is 95.6 Å². The van der Waals surface area contributed by atoms with Crippen LogP contribution in [0.25, 0.3) is 17.2 Å². The number of carbonyl (C=O) groups excluding carboxylic acids is 1. The Morgan fingerprint density at radius 3 is 2.47 bits per heavy atom. The number of imidazole rings is 1. The molecule has 4 aromatic rings. The molecule has 1 aliphatic rings. The molecule has 3 aromatic carbocycles. The number of amides is 1. The summed E-state index contributed by atoms with van der Waals surface area (Å²) in [5.41, 5.74) is 5.21. The number of nitrogens with one attached hydrogen (secondary N) is 2. The molecule has 2 N–H and O–H groups in total. The second kappa shape index (κ2) is 17.7. The lowest BCUT2D eigenvalue weighted by Crippen LogP contribution is -2.29. The molecule has 1 unspecified atom stereocenters. The predicted molar refractivity (Wildman–Crippen MR) is 196 cm³/mol. The van der Waals surface area contributed by atoms with Gasteiger partial charge in [0.25, 0.3) is 5.91 Å². The molecule has 0 saturated carbocycles. The van der Waals surface area contributed by atoms with Crippen LogP contribution in [0.2, 0.25) is 0 Å². The number of halogens is 3. The van der Waals surface area contributed by atoms with E-state index in [4.69, 9.17) is 9.47 Å². The van der Waals surface area contributed by atoms with Gasteiger partial charge in [0.2, 0.25) is 0 Å². The normalized spacial score (nSPS) is 13.8. The van der Waals surface area contributed by atoms with E-state index in [9.17, 15) is 22.2 Å². The summed E-state index contributed by atoms with van der Waals surface area (Å²) < 4.78 is 62.3. The van der Waals surface area contributed by atoms with Gasteiger partial charge in [-0.3, -0.25) is 9.00 Å². The van der Waals surface area contributed by atoms with Gasteiger partial charge in [-0.05, 0) is 90.1 Å². The van der Waals surface area contributed by atoms with Crippen LogP contribution in [-0.2, 0) is 32.5 Å². The van der Waals surface area contributed by atoms with Crippen LogP contribution in [0.5, 0.6) is 5.75 Å². The van der Waals surface area contributed by atoms with Crippen molar-refractivity contribution in [2.24, 2.45) is 5.92 Å². The maximum atomic E-state index is 13.6. The number of alkyl halides is 3. The molecule has 2 heterocycles. The van der Waals surface area contributed by atoms with Crippen molar-refractivity contribution in [1.82, 2.24) is 9.97 Å². The molecule has 8 nitrogen and oxygen atoms in total. The summed E-state index contributed by atoms with van der Waals surface area (Å²) in [5.74, 6) is 1.14. The number of unbranched alkanes of at least 4 members (excludes halogenated alkanes) is 1. The Balaban J connectivity index is 1.26. The fourth-order valence-corrected chi connectivity index (χ4v) is 6.79. The minimum Gasteiger partial charge on any atom is -0.491 e. The van der Waals surface area contributed by atoms with Gasteiger partial charge in [-0.15, -0.1) is 0 Å². The number of H-pyrrole nitrogens is 1. The van der Waals surface area contributed by atoms with Crippen molar-refractivity contribution in [3.63, 3.8) is 0 Å². The minimum absolute atomic E-state index is 0.0583. The quantitative estimate of drug-likeness (QED) is 0.113. The van der Waals surface area contributed by atoms with E-state index in [1.165, 1.54) is 0 Å². The van der Waals surface area contributed by atoms with Gasteiger partial charge in [0.05, 0.1) is 29.6 Å². The van der Waals surface area contributed by atoms with Crippen molar-refractivity contribution in [1.29, 1.82) is 0 Å². The van der Waals surface area contributed by atoms with E-state index >= 15 is 0 Å². The molecule has 5 rings (SSSR count). The summed E-state index contributed by atoms with van der Waals surface area (Å²) in [6.07, 6.45) is 0.295. The predicted octanol–water partition coefficient (Wildman–Crippen LogP) is 8.57. The largest absolute Gasteiger partial charge is 0.491 e.